The number of pyridine rings is 1. The van der Waals surface area contributed by atoms with Crippen LogP contribution in [0.4, 0.5) is 5.82 Å². The van der Waals surface area contributed by atoms with Crippen LogP contribution in [0.3, 0.4) is 0 Å². The van der Waals surface area contributed by atoms with Crippen molar-refractivity contribution in [3.8, 4) is 6.07 Å². The predicted molar refractivity (Wildman–Crippen MR) is 60.0 cm³/mol. The Morgan fingerprint density at radius 1 is 1.53 bits per heavy atom. The van der Waals surface area contributed by atoms with E-state index >= 15 is 0 Å². The number of nitriles is 1. The highest BCUT2D eigenvalue weighted by Crippen LogP contribution is 2.05. The molecule has 2 heterocycles. The Balaban J connectivity index is 2.06. The van der Waals surface area contributed by atoms with Gasteiger partial charge >= 0.3 is 0 Å². The van der Waals surface area contributed by atoms with Gasteiger partial charge in [0.15, 0.2) is 5.82 Å². The summed E-state index contributed by atoms with van der Waals surface area (Å²) in [5.41, 5.74) is 0.460. The number of hydrogen-bond donors (Lipinski definition) is 1. The van der Waals surface area contributed by atoms with Crippen molar-refractivity contribution in [3.05, 3.63) is 42.4 Å². The summed E-state index contributed by atoms with van der Waals surface area (Å²) in [6, 6.07) is 6.94. The second-order valence-electron chi connectivity index (χ2n) is 3.25. The van der Waals surface area contributed by atoms with Crippen molar-refractivity contribution in [3.63, 3.8) is 0 Å². The fraction of sp³-hybridized carbons (Fsp3) is 0.0909. The summed E-state index contributed by atoms with van der Waals surface area (Å²) in [6.45, 7) is 0.156. The first kappa shape index (κ1) is 10.8. The third-order valence-corrected chi connectivity index (χ3v) is 2.04. The normalized spacial score (nSPS) is 9.59. The average molecular weight is 227 g/mol. The van der Waals surface area contributed by atoms with Crippen molar-refractivity contribution >= 4 is 11.7 Å². The monoisotopic (exact) mass is 227 g/mol. The number of anilines is 1. The molecule has 0 aliphatic carbocycles. The third kappa shape index (κ3) is 2.66. The first-order chi connectivity index (χ1) is 8.29. The van der Waals surface area contributed by atoms with E-state index in [2.05, 4.69) is 15.4 Å². The number of aromatic nitrogens is 3. The van der Waals surface area contributed by atoms with Gasteiger partial charge in [0.2, 0.25) is 0 Å². The quantitative estimate of drug-likeness (QED) is 0.849. The summed E-state index contributed by atoms with van der Waals surface area (Å²) >= 11 is 0. The van der Waals surface area contributed by atoms with Crippen LogP contribution in [0.2, 0.25) is 0 Å². The summed E-state index contributed by atoms with van der Waals surface area (Å²) in [5, 5.41) is 15.1. The molecular formula is C11H9N5O. The molecule has 1 N–H and O–H groups in total. The van der Waals surface area contributed by atoms with Crippen LogP contribution in [0.5, 0.6) is 0 Å². The van der Waals surface area contributed by atoms with E-state index < -0.39 is 0 Å². The van der Waals surface area contributed by atoms with Crippen molar-refractivity contribution in [1.29, 1.82) is 5.26 Å². The van der Waals surface area contributed by atoms with Gasteiger partial charge in [-0.1, -0.05) is 0 Å². The third-order valence-electron chi connectivity index (χ3n) is 2.04. The summed E-state index contributed by atoms with van der Waals surface area (Å²) < 4.78 is 1.44. The molecule has 0 fully saturated rings. The van der Waals surface area contributed by atoms with Crippen molar-refractivity contribution in [1.82, 2.24) is 14.8 Å². The van der Waals surface area contributed by atoms with E-state index in [1.807, 2.05) is 6.07 Å². The minimum atomic E-state index is -0.277. The van der Waals surface area contributed by atoms with E-state index in [1.165, 1.54) is 10.9 Å². The van der Waals surface area contributed by atoms with E-state index in [0.717, 1.165) is 0 Å². The molecule has 2 aromatic rings. The van der Waals surface area contributed by atoms with Gasteiger partial charge in [-0.3, -0.25) is 14.5 Å². The lowest BCUT2D eigenvalue weighted by molar-refractivity contribution is 0.102. The van der Waals surface area contributed by atoms with Crippen LogP contribution in [0.15, 0.2) is 36.8 Å². The Hall–Kier alpha value is -2.68. The highest BCUT2D eigenvalue weighted by Gasteiger charge is 2.07. The number of rotatable bonds is 3. The molecule has 0 radical (unpaired) electrons. The van der Waals surface area contributed by atoms with Crippen molar-refractivity contribution in [2.75, 3.05) is 5.32 Å². The Morgan fingerprint density at radius 3 is 3.12 bits per heavy atom. The molecule has 0 unspecified atom stereocenters. The second-order valence-corrected chi connectivity index (χ2v) is 3.25. The predicted octanol–water partition coefficient (Wildman–Crippen LogP) is 1.05. The largest absolute Gasteiger partial charge is 0.305 e. The minimum Gasteiger partial charge on any atom is -0.305 e. The molecule has 0 saturated carbocycles. The minimum absolute atomic E-state index is 0.156. The standard InChI is InChI=1S/C11H9N5O/c12-4-7-16-6-3-10(15-16)14-11(17)9-2-1-5-13-8-9/h1-3,5-6,8H,7H2,(H,14,15,17). The average Bonchev–Trinajstić information content (AvgIpc) is 2.78. The van der Waals surface area contributed by atoms with Crippen LogP contribution in [0.1, 0.15) is 10.4 Å². The Morgan fingerprint density at radius 2 is 2.41 bits per heavy atom. The molecule has 84 valence electrons. The number of carbonyl (C=O) groups is 1. The SMILES string of the molecule is N#CCn1ccc(NC(=O)c2cccnc2)n1. The molecule has 2 rings (SSSR count). The number of nitrogens with one attached hydrogen (secondary N) is 1. The van der Waals surface area contributed by atoms with Crippen LogP contribution in [-0.4, -0.2) is 20.7 Å². The van der Waals surface area contributed by atoms with E-state index in [0.29, 0.717) is 11.4 Å². The van der Waals surface area contributed by atoms with E-state index in [9.17, 15) is 4.79 Å². The maximum Gasteiger partial charge on any atom is 0.258 e. The first-order valence-electron chi connectivity index (χ1n) is 4.91. The number of carbonyl (C=O) groups excluding carboxylic acids is 1. The zero-order chi connectivity index (χ0) is 12.1. The number of amides is 1. The smallest absolute Gasteiger partial charge is 0.258 e. The highest BCUT2D eigenvalue weighted by atomic mass is 16.1. The maximum absolute atomic E-state index is 11.7. The van der Waals surface area contributed by atoms with Gasteiger partial charge in [-0.05, 0) is 12.1 Å². The topological polar surface area (TPSA) is 83.6 Å². The van der Waals surface area contributed by atoms with Crippen molar-refractivity contribution < 1.29 is 4.79 Å². The summed E-state index contributed by atoms with van der Waals surface area (Å²) in [4.78, 5) is 15.6. The highest BCUT2D eigenvalue weighted by molar-refractivity contribution is 6.03. The van der Waals surface area contributed by atoms with Crippen molar-refractivity contribution in [2.45, 2.75) is 6.54 Å². The van der Waals surface area contributed by atoms with Gasteiger partial charge < -0.3 is 5.32 Å². The van der Waals surface area contributed by atoms with Gasteiger partial charge in [-0.25, -0.2) is 0 Å². The molecule has 6 nitrogen and oxygen atoms in total. The molecule has 0 atom stereocenters. The van der Waals surface area contributed by atoms with Gasteiger partial charge in [0, 0.05) is 24.7 Å². The van der Waals surface area contributed by atoms with Crippen LogP contribution in [0, 0.1) is 11.3 Å². The lowest BCUT2D eigenvalue weighted by Gasteiger charge is -2.00. The van der Waals surface area contributed by atoms with Gasteiger partial charge in [-0.15, -0.1) is 0 Å². The van der Waals surface area contributed by atoms with E-state index in [4.69, 9.17) is 5.26 Å². The Labute approximate surface area is 97.5 Å². The fourth-order valence-electron chi connectivity index (χ4n) is 1.27. The lowest BCUT2D eigenvalue weighted by atomic mass is 10.3. The Kier molecular flexibility index (Phi) is 3.12. The second kappa shape index (κ2) is 4.90. The summed E-state index contributed by atoms with van der Waals surface area (Å²) in [5.74, 6) is 0.134. The number of hydrogen-bond acceptors (Lipinski definition) is 4. The lowest BCUT2D eigenvalue weighted by Crippen LogP contribution is -2.12. The van der Waals surface area contributed by atoms with E-state index in [-0.39, 0.29) is 12.5 Å². The van der Waals surface area contributed by atoms with Crippen LogP contribution in [-0.2, 0) is 6.54 Å². The van der Waals surface area contributed by atoms with Gasteiger partial charge in [0.25, 0.3) is 5.91 Å². The molecule has 0 aromatic carbocycles. The zero-order valence-corrected chi connectivity index (χ0v) is 8.87. The molecule has 1 amide bonds. The summed E-state index contributed by atoms with van der Waals surface area (Å²) in [7, 11) is 0. The molecule has 0 bridgehead atoms. The summed E-state index contributed by atoms with van der Waals surface area (Å²) in [6.07, 6.45) is 4.70. The maximum atomic E-state index is 11.7. The molecule has 17 heavy (non-hydrogen) atoms. The molecule has 0 saturated heterocycles. The van der Waals surface area contributed by atoms with Crippen molar-refractivity contribution in [2.24, 2.45) is 0 Å². The molecule has 0 spiro atoms. The molecular weight excluding hydrogens is 218 g/mol. The first-order valence-corrected chi connectivity index (χ1v) is 4.91. The zero-order valence-electron chi connectivity index (χ0n) is 8.87. The van der Waals surface area contributed by atoms with Crippen LogP contribution < -0.4 is 5.32 Å². The van der Waals surface area contributed by atoms with Gasteiger partial charge in [0.1, 0.15) is 6.54 Å². The molecule has 0 aliphatic heterocycles. The molecule has 6 heteroatoms. The van der Waals surface area contributed by atoms with Crippen LogP contribution in [0.25, 0.3) is 0 Å². The van der Waals surface area contributed by atoms with Crippen LogP contribution >= 0.6 is 0 Å². The van der Waals surface area contributed by atoms with Gasteiger partial charge in [0.05, 0.1) is 11.6 Å². The van der Waals surface area contributed by atoms with Gasteiger partial charge in [-0.2, -0.15) is 10.4 Å². The van der Waals surface area contributed by atoms with E-state index in [1.54, 1.807) is 30.6 Å². The fourth-order valence-corrected chi connectivity index (χ4v) is 1.27. The molecule has 2 aromatic heterocycles. The molecule has 0 aliphatic rings. The number of nitrogens with zero attached hydrogens (tertiary/aromatic N) is 4. The Bertz CT molecular complexity index is 555.